The molecule has 0 radical (unpaired) electrons. The van der Waals surface area contributed by atoms with Crippen molar-refractivity contribution < 1.29 is 9.53 Å². The van der Waals surface area contributed by atoms with Gasteiger partial charge in [0.1, 0.15) is 0 Å². The molecule has 0 rings (SSSR count). The number of rotatable bonds is 3. The van der Waals surface area contributed by atoms with Crippen molar-refractivity contribution in [3.8, 4) is 0 Å². The molecule has 9 heavy (non-hydrogen) atoms. The molecule has 0 saturated carbocycles. The molecule has 1 unspecified atom stereocenters. The van der Waals surface area contributed by atoms with Crippen LogP contribution in [0.1, 0.15) is 13.3 Å². The summed E-state index contributed by atoms with van der Waals surface area (Å²) in [5, 5.41) is 0. The molecule has 0 aromatic heterocycles. The molecule has 1 atom stereocenters. The van der Waals surface area contributed by atoms with Crippen molar-refractivity contribution in [3.63, 3.8) is 0 Å². The summed E-state index contributed by atoms with van der Waals surface area (Å²) in [5.41, 5.74) is 5.26. The Hall–Kier alpha value is -0.830. The highest BCUT2D eigenvalue weighted by molar-refractivity contribution is 5.81. The molecule has 0 saturated heterocycles. The first-order valence-electron chi connectivity index (χ1n) is 2.79. The van der Waals surface area contributed by atoms with Crippen LogP contribution in [0.25, 0.3) is 0 Å². The Labute approximate surface area is 54.5 Å². The average molecular weight is 129 g/mol. The van der Waals surface area contributed by atoms with Gasteiger partial charge in [-0.3, -0.25) is 5.73 Å². The molecule has 52 valence electrons. The topological polar surface area (TPSA) is 52.3 Å². The number of esters is 1. The smallest absolute Gasteiger partial charge is 0.331 e. The molecule has 3 nitrogen and oxygen atoms in total. The van der Waals surface area contributed by atoms with E-state index in [0.717, 1.165) is 6.08 Å². The zero-order valence-corrected chi connectivity index (χ0v) is 5.46. The first-order valence-corrected chi connectivity index (χ1v) is 2.79. The predicted octanol–water partition coefficient (Wildman–Crippen LogP) is 0.410. The first-order chi connectivity index (χ1) is 4.20. The Morgan fingerprint density at radius 3 is 2.89 bits per heavy atom. The summed E-state index contributed by atoms with van der Waals surface area (Å²) in [6.45, 7) is 5.05. The van der Waals surface area contributed by atoms with Crippen LogP contribution in [0.15, 0.2) is 12.7 Å². The van der Waals surface area contributed by atoms with Gasteiger partial charge >= 0.3 is 5.97 Å². The Kier molecular flexibility index (Phi) is 3.71. The number of nitrogens with two attached hydrogens (primary N) is 1. The second-order valence-corrected chi connectivity index (χ2v) is 1.59. The molecule has 2 N–H and O–H groups in total. The van der Waals surface area contributed by atoms with Gasteiger partial charge in [0.05, 0.1) is 0 Å². The van der Waals surface area contributed by atoms with E-state index >= 15 is 0 Å². The number of carbonyl (C=O) groups excluding carboxylic acids is 1. The summed E-state index contributed by atoms with van der Waals surface area (Å²) in [6.07, 6.45) is 1.23. The fraction of sp³-hybridized carbons (Fsp3) is 0.500. The molecule has 0 aliphatic carbocycles. The number of hydrogen-bond donors (Lipinski definition) is 1. The monoisotopic (exact) mass is 129 g/mol. The van der Waals surface area contributed by atoms with Gasteiger partial charge in [-0.15, -0.1) is 0 Å². The fourth-order valence-corrected chi connectivity index (χ4v) is 0.281. The van der Waals surface area contributed by atoms with Crippen molar-refractivity contribution in [3.05, 3.63) is 12.7 Å². The average Bonchev–Trinajstić information content (AvgIpc) is 1.87. The summed E-state index contributed by atoms with van der Waals surface area (Å²) in [4.78, 5) is 10.4. The molecular weight excluding hydrogens is 118 g/mol. The van der Waals surface area contributed by atoms with Crippen LogP contribution >= 0.6 is 0 Å². The Bertz CT molecular complexity index is 112. The van der Waals surface area contributed by atoms with Gasteiger partial charge in [-0.25, -0.2) is 4.79 Å². The summed E-state index contributed by atoms with van der Waals surface area (Å²) in [5.74, 6) is -0.468. The number of hydrogen-bond acceptors (Lipinski definition) is 3. The molecule has 0 aromatic rings. The second-order valence-electron chi connectivity index (χ2n) is 1.59. The molecular formula is C6H11NO2. The highest BCUT2D eigenvalue weighted by atomic mass is 16.6. The lowest BCUT2D eigenvalue weighted by molar-refractivity contribution is -0.142. The van der Waals surface area contributed by atoms with Crippen molar-refractivity contribution in [2.45, 2.75) is 19.6 Å². The number of carbonyl (C=O) groups is 1. The van der Waals surface area contributed by atoms with E-state index in [0.29, 0.717) is 6.42 Å². The van der Waals surface area contributed by atoms with Crippen molar-refractivity contribution in [2.75, 3.05) is 0 Å². The van der Waals surface area contributed by atoms with Gasteiger partial charge in [0, 0.05) is 6.08 Å². The van der Waals surface area contributed by atoms with Gasteiger partial charge in [0.25, 0.3) is 0 Å². The first kappa shape index (κ1) is 8.17. The summed E-state index contributed by atoms with van der Waals surface area (Å²) < 4.78 is 4.57. The van der Waals surface area contributed by atoms with E-state index in [9.17, 15) is 4.79 Å². The predicted molar refractivity (Wildman–Crippen MR) is 34.6 cm³/mol. The van der Waals surface area contributed by atoms with E-state index in [1.807, 2.05) is 6.92 Å². The maximum atomic E-state index is 10.4. The van der Waals surface area contributed by atoms with E-state index in [2.05, 4.69) is 11.3 Å². The Balaban J connectivity index is 3.46. The SMILES string of the molecule is C=CC(=O)OC(N)CC. The van der Waals surface area contributed by atoms with Crippen LogP contribution in [0.5, 0.6) is 0 Å². The second kappa shape index (κ2) is 4.09. The summed E-state index contributed by atoms with van der Waals surface area (Å²) >= 11 is 0. The number of ether oxygens (including phenoxy) is 1. The maximum Gasteiger partial charge on any atom is 0.331 e. The van der Waals surface area contributed by atoms with Gasteiger partial charge in [-0.1, -0.05) is 13.5 Å². The van der Waals surface area contributed by atoms with Gasteiger partial charge < -0.3 is 4.74 Å². The standard InChI is InChI=1S/C6H11NO2/c1-3-5(7)9-6(8)4-2/h4-5H,2-3,7H2,1H3. The molecule has 0 amide bonds. The molecule has 0 aromatic carbocycles. The Morgan fingerprint density at radius 2 is 2.56 bits per heavy atom. The van der Waals surface area contributed by atoms with Crippen molar-refractivity contribution in [2.24, 2.45) is 5.73 Å². The molecule has 0 heterocycles. The Morgan fingerprint density at radius 1 is 2.00 bits per heavy atom. The van der Waals surface area contributed by atoms with Crippen LogP contribution in [-0.4, -0.2) is 12.2 Å². The fourth-order valence-electron chi connectivity index (χ4n) is 0.281. The highest BCUT2D eigenvalue weighted by Gasteiger charge is 2.01. The summed E-state index contributed by atoms with van der Waals surface area (Å²) in [7, 11) is 0. The molecule has 3 heteroatoms. The zero-order valence-electron chi connectivity index (χ0n) is 5.46. The summed E-state index contributed by atoms with van der Waals surface area (Å²) in [6, 6.07) is 0. The molecule has 0 spiro atoms. The quantitative estimate of drug-likeness (QED) is 0.341. The minimum absolute atomic E-state index is 0.468. The van der Waals surface area contributed by atoms with E-state index in [4.69, 9.17) is 5.73 Å². The van der Waals surface area contributed by atoms with Crippen molar-refractivity contribution in [1.82, 2.24) is 0 Å². The van der Waals surface area contributed by atoms with E-state index in [1.54, 1.807) is 0 Å². The molecule has 0 aliphatic rings. The van der Waals surface area contributed by atoms with Gasteiger partial charge in [-0.2, -0.15) is 0 Å². The minimum Gasteiger partial charge on any atom is -0.444 e. The molecule has 0 bridgehead atoms. The van der Waals surface area contributed by atoms with Crippen molar-refractivity contribution in [1.29, 1.82) is 0 Å². The maximum absolute atomic E-state index is 10.4. The minimum atomic E-state index is -0.490. The van der Waals surface area contributed by atoms with Crippen LogP contribution in [-0.2, 0) is 9.53 Å². The van der Waals surface area contributed by atoms with E-state index in [1.165, 1.54) is 0 Å². The zero-order chi connectivity index (χ0) is 7.28. The van der Waals surface area contributed by atoms with Gasteiger partial charge in [0.2, 0.25) is 0 Å². The van der Waals surface area contributed by atoms with Crippen LogP contribution < -0.4 is 5.73 Å². The lowest BCUT2D eigenvalue weighted by Crippen LogP contribution is -2.24. The van der Waals surface area contributed by atoms with Gasteiger partial charge in [0.15, 0.2) is 6.23 Å². The third-order valence-corrected chi connectivity index (χ3v) is 0.837. The van der Waals surface area contributed by atoms with Crippen LogP contribution in [0.4, 0.5) is 0 Å². The highest BCUT2D eigenvalue weighted by Crippen LogP contribution is 1.89. The van der Waals surface area contributed by atoms with E-state index < -0.39 is 12.2 Å². The normalized spacial score (nSPS) is 12.2. The lowest BCUT2D eigenvalue weighted by Gasteiger charge is -2.07. The molecule has 0 fully saturated rings. The third-order valence-electron chi connectivity index (χ3n) is 0.837. The molecule has 0 aliphatic heterocycles. The third kappa shape index (κ3) is 3.73. The van der Waals surface area contributed by atoms with Crippen LogP contribution in [0, 0.1) is 0 Å². The lowest BCUT2D eigenvalue weighted by atomic mass is 10.4. The van der Waals surface area contributed by atoms with E-state index in [-0.39, 0.29) is 0 Å². The van der Waals surface area contributed by atoms with Crippen LogP contribution in [0.2, 0.25) is 0 Å². The largest absolute Gasteiger partial charge is 0.444 e. The van der Waals surface area contributed by atoms with Gasteiger partial charge in [-0.05, 0) is 6.42 Å². The van der Waals surface area contributed by atoms with Crippen LogP contribution in [0.3, 0.4) is 0 Å². The van der Waals surface area contributed by atoms with Crippen molar-refractivity contribution >= 4 is 5.97 Å².